The fourth-order valence-corrected chi connectivity index (χ4v) is 1.58. The summed E-state index contributed by atoms with van der Waals surface area (Å²) in [4.78, 5) is 13.8. The minimum Gasteiger partial charge on any atom is -0.308 e. The van der Waals surface area contributed by atoms with Gasteiger partial charge < -0.3 is 4.90 Å². The molecule has 0 spiro atoms. The number of amides is 1. The number of halogens is 1. The van der Waals surface area contributed by atoms with E-state index in [4.69, 9.17) is 0 Å². The van der Waals surface area contributed by atoms with Gasteiger partial charge in [-0.05, 0) is 25.1 Å². The van der Waals surface area contributed by atoms with Gasteiger partial charge in [0.1, 0.15) is 0 Å². The molecule has 0 N–H and O–H groups in total. The molecule has 1 heterocycles. The molecular formula is C13H14BrNO. The third-order valence-electron chi connectivity index (χ3n) is 2.44. The molecule has 0 radical (unpaired) electrons. The molecule has 2 nitrogen and oxygen atoms in total. The first-order chi connectivity index (χ1) is 7.29. The van der Waals surface area contributed by atoms with Gasteiger partial charge in [-0.25, -0.2) is 0 Å². The maximum atomic E-state index is 12.1. The van der Waals surface area contributed by atoms with Crippen molar-refractivity contribution in [3.8, 4) is 0 Å². The molecule has 3 heteroatoms. The van der Waals surface area contributed by atoms with Gasteiger partial charge in [-0.1, -0.05) is 30.4 Å². The Hall–Kier alpha value is -1.35. The van der Waals surface area contributed by atoms with E-state index in [-0.39, 0.29) is 28.9 Å². The topological polar surface area (TPSA) is 20.3 Å². The maximum Gasteiger partial charge on any atom is 0.258 e. The second kappa shape index (κ2) is 5.66. The number of benzene rings is 1. The zero-order valence-corrected chi connectivity index (χ0v) is 10.8. The SMILES string of the molecule is Br.CC1C=CC=CN1C(=O)c1ccccc1. The predicted octanol–water partition coefficient (Wildman–Crippen LogP) is 3.18. The minimum atomic E-state index is 0. The second-order valence-electron chi connectivity index (χ2n) is 3.55. The van der Waals surface area contributed by atoms with E-state index in [0.29, 0.717) is 0 Å². The Kier molecular flexibility index (Phi) is 4.50. The smallest absolute Gasteiger partial charge is 0.258 e. The molecule has 0 saturated carbocycles. The standard InChI is InChI=1S/C13H13NO.BrH/c1-11-7-5-6-10-14(11)13(15)12-8-3-2-4-9-12;/h2-11H,1H3;1H. The molecule has 84 valence electrons. The Morgan fingerprint density at radius 1 is 1.19 bits per heavy atom. The highest BCUT2D eigenvalue weighted by Gasteiger charge is 2.18. The van der Waals surface area contributed by atoms with Crippen LogP contribution in [0.2, 0.25) is 0 Å². The van der Waals surface area contributed by atoms with Crippen LogP contribution >= 0.6 is 17.0 Å². The average Bonchev–Trinajstić information content (AvgIpc) is 2.30. The molecule has 0 aliphatic carbocycles. The largest absolute Gasteiger partial charge is 0.308 e. The van der Waals surface area contributed by atoms with E-state index < -0.39 is 0 Å². The zero-order valence-electron chi connectivity index (χ0n) is 9.04. The highest BCUT2D eigenvalue weighted by molar-refractivity contribution is 8.93. The van der Waals surface area contributed by atoms with Crippen LogP contribution in [0.5, 0.6) is 0 Å². The molecule has 1 amide bonds. The van der Waals surface area contributed by atoms with Crippen LogP contribution in [0.3, 0.4) is 0 Å². The van der Waals surface area contributed by atoms with Crippen molar-refractivity contribution in [2.75, 3.05) is 0 Å². The number of hydrogen-bond donors (Lipinski definition) is 0. The van der Waals surface area contributed by atoms with Crippen LogP contribution in [0.15, 0.2) is 54.8 Å². The molecule has 2 rings (SSSR count). The van der Waals surface area contributed by atoms with Gasteiger partial charge >= 0.3 is 0 Å². The van der Waals surface area contributed by atoms with Crippen LogP contribution in [-0.4, -0.2) is 16.8 Å². The predicted molar refractivity (Wildman–Crippen MR) is 70.7 cm³/mol. The summed E-state index contributed by atoms with van der Waals surface area (Å²) in [5.74, 6) is 0.0451. The van der Waals surface area contributed by atoms with Crippen LogP contribution < -0.4 is 0 Å². The number of nitrogens with zero attached hydrogens (tertiary/aromatic N) is 1. The van der Waals surface area contributed by atoms with E-state index in [0.717, 1.165) is 5.56 Å². The van der Waals surface area contributed by atoms with Gasteiger partial charge in [0, 0.05) is 11.8 Å². The van der Waals surface area contributed by atoms with Crippen LogP contribution in [0, 0.1) is 0 Å². The monoisotopic (exact) mass is 279 g/mol. The molecule has 0 bridgehead atoms. The average molecular weight is 280 g/mol. The lowest BCUT2D eigenvalue weighted by Crippen LogP contribution is -2.33. The van der Waals surface area contributed by atoms with Gasteiger partial charge in [-0.3, -0.25) is 4.79 Å². The molecule has 16 heavy (non-hydrogen) atoms. The summed E-state index contributed by atoms with van der Waals surface area (Å²) in [6.07, 6.45) is 7.65. The first kappa shape index (κ1) is 12.7. The van der Waals surface area contributed by atoms with E-state index in [1.54, 1.807) is 4.90 Å². The van der Waals surface area contributed by atoms with E-state index in [1.165, 1.54) is 0 Å². The first-order valence-electron chi connectivity index (χ1n) is 5.02. The summed E-state index contributed by atoms with van der Waals surface area (Å²) in [6, 6.07) is 9.46. The second-order valence-corrected chi connectivity index (χ2v) is 3.55. The Morgan fingerprint density at radius 2 is 1.88 bits per heavy atom. The summed E-state index contributed by atoms with van der Waals surface area (Å²) in [5, 5.41) is 0. The summed E-state index contributed by atoms with van der Waals surface area (Å²) >= 11 is 0. The van der Waals surface area contributed by atoms with E-state index in [9.17, 15) is 4.79 Å². The Bertz CT molecular complexity index is 411. The molecule has 1 unspecified atom stereocenters. The normalized spacial score (nSPS) is 18.1. The summed E-state index contributed by atoms with van der Waals surface area (Å²) in [5.41, 5.74) is 0.726. The van der Waals surface area contributed by atoms with Crippen molar-refractivity contribution in [2.45, 2.75) is 13.0 Å². The van der Waals surface area contributed by atoms with Crippen LogP contribution in [0.25, 0.3) is 0 Å². The lowest BCUT2D eigenvalue weighted by molar-refractivity contribution is 0.0799. The van der Waals surface area contributed by atoms with Crippen LogP contribution in [0.4, 0.5) is 0 Å². The molecule has 1 aromatic rings. The van der Waals surface area contributed by atoms with Crippen LogP contribution in [-0.2, 0) is 0 Å². The lowest BCUT2D eigenvalue weighted by Gasteiger charge is -2.25. The quantitative estimate of drug-likeness (QED) is 0.773. The fourth-order valence-electron chi connectivity index (χ4n) is 1.58. The van der Waals surface area contributed by atoms with Crippen molar-refractivity contribution in [3.05, 3.63) is 60.3 Å². The minimum absolute atomic E-state index is 0. The molecule has 1 aromatic carbocycles. The van der Waals surface area contributed by atoms with Crippen molar-refractivity contribution in [3.63, 3.8) is 0 Å². The van der Waals surface area contributed by atoms with Gasteiger partial charge in [-0.15, -0.1) is 17.0 Å². The molecule has 0 aromatic heterocycles. The van der Waals surface area contributed by atoms with Gasteiger partial charge in [0.05, 0.1) is 6.04 Å². The highest BCUT2D eigenvalue weighted by Crippen LogP contribution is 2.12. The molecule has 0 saturated heterocycles. The Balaban J connectivity index is 0.00000128. The van der Waals surface area contributed by atoms with Gasteiger partial charge in [-0.2, -0.15) is 0 Å². The number of carbonyl (C=O) groups is 1. The van der Waals surface area contributed by atoms with Gasteiger partial charge in [0.15, 0.2) is 0 Å². The summed E-state index contributed by atoms with van der Waals surface area (Å²) < 4.78 is 0. The summed E-state index contributed by atoms with van der Waals surface area (Å²) in [7, 11) is 0. The van der Waals surface area contributed by atoms with Crippen molar-refractivity contribution in [1.29, 1.82) is 0 Å². The molecule has 1 aliphatic rings. The molecule has 0 fully saturated rings. The van der Waals surface area contributed by atoms with Gasteiger partial charge in [0.25, 0.3) is 5.91 Å². The number of allylic oxidation sites excluding steroid dienone is 2. The molecular weight excluding hydrogens is 266 g/mol. The lowest BCUT2D eigenvalue weighted by atomic mass is 10.1. The Labute approximate surface area is 106 Å². The molecule has 1 atom stereocenters. The van der Waals surface area contributed by atoms with Crippen molar-refractivity contribution in [2.24, 2.45) is 0 Å². The number of hydrogen-bond acceptors (Lipinski definition) is 1. The maximum absolute atomic E-state index is 12.1. The van der Waals surface area contributed by atoms with Crippen molar-refractivity contribution < 1.29 is 4.79 Å². The van der Waals surface area contributed by atoms with Crippen molar-refractivity contribution >= 4 is 22.9 Å². The van der Waals surface area contributed by atoms with Gasteiger partial charge in [0.2, 0.25) is 0 Å². The third kappa shape index (κ3) is 2.61. The van der Waals surface area contributed by atoms with E-state index in [2.05, 4.69) is 0 Å². The summed E-state index contributed by atoms with van der Waals surface area (Å²) in [6.45, 7) is 2.00. The van der Waals surface area contributed by atoms with E-state index >= 15 is 0 Å². The third-order valence-corrected chi connectivity index (χ3v) is 2.44. The first-order valence-corrected chi connectivity index (χ1v) is 5.02. The highest BCUT2D eigenvalue weighted by atomic mass is 79.9. The zero-order chi connectivity index (χ0) is 10.7. The Morgan fingerprint density at radius 3 is 2.50 bits per heavy atom. The van der Waals surface area contributed by atoms with Crippen LogP contribution in [0.1, 0.15) is 17.3 Å². The van der Waals surface area contributed by atoms with E-state index in [1.807, 2.05) is 61.7 Å². The number of carbonyl (C=O) groups excluding carboxylic acids is 1. The fraction of sp³-hybridized carbons (Fsp3) is 0.154. The number of rotatable bonds is 1. The molecule has 1 aliphatic heterocycles. The van der Waals surface area contributed by atoms with Crippen molar-refractivity contribution in [1.82, 2.24) is 4.90 Å².